The van der Waals surface area contributed by atoms with Gasteiger partial charge in [0.1, 0.15) is 0 Å². The number of morpholine rings is 1. The minimum absolute atomic E-state index is 0.804. The largest absolute Gasteiger partial charge is 0.379 e. The van der Waals surface area contributed by atoms with Crippen molar-refractivity contribution < 1.29 is 4.74 Å². The predicted octanol–water partition coefficient (Wildman–Crippen LogP) is 1.62. The lowest BCUT2D eigenvalue weighted by Gasteiger charge is -2.26. The zero-order valence-electron chi connectivity index (χ0n) is 12.2. The lowest BCUT2D eigenvalue weighted by Crippen LogP contribution is -2.35. The van der Waals surface area contributed by atoms with Crippen LogP contribution in [0.2, 0.25) is 0 Å². The Morgan fingerprint density at radius 2 is 1.86 bits per heavy atom. The first-order valence-electron chi connectivity index (χ1n) is 7.45. The number of fused-ring (bicyclic) bond motifs is 1. The third-order valence-corrected chi connectivity index (χ3v) is 3.95. The van der Waals surface area contributed by atoms with E-state index < -0.39 is 0 Å². The summed E-state index contributed by atoms with van der Waals surface area (Å²) in [5.41, 5.74) is 3.13. The fourth-order valence-corrected chi connectivity index (χ4v) is 2.79. The van der Waals surface area contributed by atoms with Crippen LogP contribution >= 0.6 is 0 Å². The fraction of sp³-hybridized carbons (Fsp3) is 0.312. The Morgan fingerprint density at radius 3 is 2.68 bits per heavy atom. The molecule has 0 spiro atoms. The Bertz CT molecular complexity index is 765. The van der Waals surface area contributed by atoms with Crippen LogP contribution in [0.4, 0.5) is 0 Å². The fourth-order valence-electron chi connectivity index (χ4n) is 2.79. The normalized spacial score (nSPS) is 16.2. The van der Waals surface area contributed by atoms with Crippen LogP contribution in [0.1, 0.15) is 5.56 Å². The molecule has 0 unspecified atom stereocenters. The summed E-state index contributed by atoms with van der Waals surface area (Å²) in [4.78, 5) is 6.44. The molecule has 4 rings (SSSR count). The zero-order chi connectivity index (χ0) is 14.8. The molecule has 22 heavy (non-hydrogen) atoms. The first kappa shape index (κ1) is 13.4. The van der Waals surface area contributed by atoms with Gasteiger partial charge in [0.05, 0.1) is 13.2 Å². The molecule has 4 heterocycles. The van der Waals surface area contributed by atoms with Crippen LogP contribution in [0, 0.1) is 0 Å². The van der Waals surface area contributed by atoms with Gasteiger partial charge in [0.25, 0.3) is 0 Å². The van der Waals surface area contributed by atoms with Gasteiger partial charge >= 0.3 is 0 Å². The van der Waals surface area contributed by atoms with Crippen molar-refractivity contribution >= 4 is 5.65 Å². The monoisotopic (exact) mass is 295 g/mol. The molecule has 0 N–H and O–H groups in total. The van der Waals surface area contributed by atoms with Crippen molar-refractivity contribution in [1.82, 2.24) is 24.5 Å². The molecule has 0 aliphatic carbocycles. The van der Waals surface area contributed by atoms with Gasteiger partial charge in [0.2, 0.25) is 0 Å². The van der Waals surface area contributed by atoms with Crippen molar-refractivity contribution in [2.75, 3.05) is 26.3 Å². The number of hydrogen-bond donors (Lipinski definition) is 0. The van der Waals surface area contributed by atoms with E-state index in [1.807, 2.05) is 22.7 Å². The third-order valence-electron chi connectivity index (χ3n) is 3.95. The van der Waals surface area contributed by atoms with Gasteiger partial charge in [0.15, 0.2) is 11.5 Å². The topological polar surface area (TPSA) is 55.5 Å². The van der Waals surface area contributed by atoms with Crippen molar-refractivity contribution in [3.05, 3.63) is 48.4 Å². The lowest BCUT2D eigenvalue weighted by atomic mass is 10.2. The second kappa shape index (κ2) is 5.82. The zero-order valence-corrected chi connectivity index (χ0v) is 12.2. The summed E-state index contributed by atoms with van der Waals surface area (Å²) in [6, 6.07) is 8.07. The Morgan fingerprint density at radius 1 is 1.05 bits per heavy atom. The average Bonchev–Trinajstić information content (AvgIpc) is 3.02. The molecule has 3 aromatic heterocycles. The van der Waals surface area contributed by atoms with Gasteiger partial charge in [-0.1, -0.05) is 6.07 Å². The van der Waals surface area contributed by atoms with Gasteiger partial charge in [-0.15, -0.1) is 10.2 Å². The van der Waals surface area contributed by atoms with E-state index in [1.54, 1.807) is 12.4 Å². The Balaban J connectivity index is 1.70. The highest BCUT2D eigenvalue weighted by Crippen LogP contribution is 2.20. The molecule has 6 heteroatoms. The molecule has 0 atom stereocenters. The van der Waals surface area contributed by atoms with Crippen molar-refractivity contribution in [3.8, 4) is 11.4 Å². The van der Waals surface area contributed by atoms with E-state index in [1.165, 1.54) is 5.56 Å². The molecule has 1 fully saturated rings. The Hall–Kier alpha value is -2.31. The molecule has 0 aromatic carbocycles. The van der Waals surface area contributed by atoms with E-state index in [9.17, 15) is 0 Å². The second-order valence-corrected chi connectivity index (χ2v) is 5.38. The minimum Gasteiger partial charge on any atom is -0.379 e. The number of aromatic nitrogens is 4. The van der Waals surface area contributed by atoms with Gasteiger partial charge in [-0.3, -0.25) is 14.3 Å². The van der Waals surface area contributed by atoms with Crippen LogP contribution in [0.3, 0.4) is 0 Å². The quantitative estimate of drug-likeness (QED) is 0.735. The first-order chi connectivity index (χ1) is 10.9. The van der Waals surface area contributed by atoms with Crippen LogP contribution in [0.15, 0.2) is 42.9 Å². The van der Waals surface area contributed by atoms with Crippen LogP contribution in [0.5, 0.6) is 0 Å². The van der Waals surface area contributed by atoms with Gasteiger partial charge in [-0.25, -0.2) is 0 Å². The molecular weight excluding hydrogens is 278 g/mol. The van der Waals surface area contributed by atoms with Gasteiger partial charge < -0.3 is 4.74 Å². The van der Waals surface area contributed by atoms with E-state index in [0.29, 0.717) is 0 Å². The molecule has 3 aromatic rings. The van der Waals surface area contributed by atoms with Crippen molar-refractivity contribution in [2.24, 2.45) is 0 Å². The minimum atomic E-state index is 0.804. The molecular formula is C16H17N5O. The summed E-state index contributed by atoms with van der Waals surface area (Å²) in [5.74, 6) is 0.848. The molecule has 0 amide bonds. The van der Waals surface area contributed by atoms with E-state index in [2.05, 4.69) is 32.2 Å². The highest BCUT2D eigenvalue weighted by Gasteiger charge is 2.15. The first-order valence-corrected chi connectivity index (χ1v) is 7.45. The lowest BCUT2D eigenvalue weighted by molar-refractivity contribution is 0.0343. The van der Waals surface area contributed by atoms with Gasteiger partial charge in [-0.2, -0.15) is 0 Å². The molecule has 1 saturated heterocycles. The molecule has 0 saturated carbocycles. The van der Waals surface area contributed by atoms with Gasteiger partial charge in [0, 0.05) is 49.4 Å². The van der Waals surface area contributed by atoms with Crippen molar-refractivity contribution in [1.29, 1.82) is 0 Å². The molecule has 112 valence electrons. The molecule has 0 radical (unpaired) electrons. The second-order valence-electron chi connectivity index (χ2n) is 5.38. The summed E-state index contributed by atoms with van der Waals surface area (Å²) in [5, 5.41) is 8.76. The van der Waals surface area contributed by atoms with Crippen molar-refractivity contribution in [3.63, 3.8) is 0 Å². The summed E-state index contributed by atoms with van der Waals surface area (Å²) in [6.07, 6.45) is 5.55. The van der Waals surface area contributed by atoms with E-state index >= 15 is 0 Å². The van der Waals surface area contributed by atoms with Gasteiger partial charge in [-0.05, 0) is 18.2 Å². The summed E-state index contributed by atoms with van der Waals surface area (Å²) < 4.78 is 7.45. The van der Waals surface area contributed by atoms with E-state index in [-0.39, 0.29) is 0 Å². The summed E-state index contributed by atoms with van der Waals surface area (Å²) in [6.45, 7) is 4.41. The van der Waals surface area contributed by atoms with Crippen LogP contribution in [-0.4, -0.2) is 50.8 Å². The van der Waals surface area contributed by atoms with Crippen molar-refractivity contribution in [2.45, 2.75) is 6.54 Å². The standard InChI is InChI=1S/C16H17N5O/c1-2-14(12-20-8-10-22-11-9-20)16-19-18-15(21(16)7-1)13-3-5-17-6-4-13/h1-7H,8-12H2. The Kier molecular flexibility index (Phi) is 3.54. The van der Waals surface area contributed by atoms with E-state index in [4.69, 9.17) is 4.74 Å². The summed E-state index contributed by atoms with van der Waals surface area (Å²) in [7, 11) is 0. The molecule has 0 bridgehead atoms. The molecule has 1 aliphatic heterocycles. The smallest absolute Gasteiger partial charge is 0.168 e. The third kappa shape index (κ3) is 2.47. The average molecular weight is 295 g/mol. The maximum atomic E-state index is 5.41. The SMILES string of the molecule is c1cc(CN2CCOCC2)c2nnc(-c3ccncc3)n2c1. The number of rotatable bonds is 3. The maximum Gasteiger partial charge on any atom is 0.168 e. The van der Waals surface area contributed by atoms with E-state index in [0.717, 1.165) is 49.9 Å². The Labute approximate surface area is 128 Å². The van der Waals surface area contributed by atoms with Crippen LogP contribution in [0.25, 0.3) is 17.0 Å². The number of pyridine rings is 2. The number of hydrogen-bond acceptors (Lipinski definition) is 5. The van der Waals surface area contributed by atoms with Crippen LogP contribution < -0.4 is 0 Å². The number of ether oxygens (including phenoxy) is 1. The molecule has 1 aliphatic rings. The number of nitrogens with zero attached hydrogens (tertiary/aromatic N) is 5. The molecule has 6 nitrogen and oxygen atoms in total. The highest BCUT2D eigenvalue weighted by molar-refractivity contribution is 5.60. The maximum absolute atomic E-state index is 5.41. The van der Waals surface area contributed by atoms with Crippen LogP contribution in [-0.2, 0) is 11.3 Å². The summed E-state index contributed by atoms with van der Waals surface area (Å²) >= 11 is 0. The predicted molar refractivity (Wildman–Crippen MR) is 82.3 cm³/mol. The highest BCUT2D eigenvalue weighted by atomic mass is 16.5.